The molecular weight excluding hydrogens is 372 g/mol. The first-order valence-electron chi connectivity index (χ1n) is 9.55. The molecule has 2 saturated heterocycles. The van der Waals surface area contributed by atoms with Gasteiger partial charge in [-0.15, -0.1) is 0 Å². The Morgan fingerprint density at radius 2 is 1.21 bits per heavy atom. The summed E-state index contributed by atoms with van der Waals surface area (Å²) in [6.07, 6.45) is 0. The fourth-order valence-corrected chi connectivity index (χ4v) is 2.75. The standard InChI is InChI=1S/C11H15NO.C7H7Cl.C4H9NO.CH4/c1-10-2-4-11(5-3-10)12-6-8-13-9-7-12;1-6-2-4-7(8)5-3-6;1-3-6-4-2-5-1;/h2-5H,6-9H2,1H3;2-5H,1H3;5H,1-4H2;1H4. The van der Waals surface area contributed by atoms with Crippen molar-refractivity contribution >= 4 is 17.3 Å². The van der Waals surface area contributed by atoms with Crippen molar-refractivity contribution in [1.29, 1.82) is 0 Å². The van der Waals surface area contributed by atoms with Gasteiger partial charge in [0.05, 0.1) is 26.4 Å². The van der Waals surface area contributed by atoms with Crippen LogP contribution in [0.2, 0.25) is 5.02 Å². The second-order valence-electron chi connectivity index (χ2n) is 6.59. The maximum absolute atomic E-state index is 5.61. The van der Waals surface area contributed by atoms with Gasteiger partial charge in [0.1, 0.15) is 0 Å². The zero-order chi connectivity index (χ0) is 19.3. The summed E-state index contributed by atoms with van der Waals surface area (Å²) in [4.78, 5) is 2.36. The van der Waals surface area contributed by atoms with Crippen LogP contribution in [0.25, 0.3) is 0 Å². The Balaban J connectivity index is 0.000000225. The van der Waals surface area contributed by atoms with Gasteiger partial charge < -0.3 is 19.7 Å². The number of morpholine rings is 2. The second-order valence-corrected chi connectivity index (χ2v) is 7.03. The number of halogens is 1. The van der Waals surface area contributed by atoms with Crippen LogP contribution in [0.4, 0.5) is 5.69 Å². The number of ether oxygens (including phenoxy) is 2. The maximum Gasteiger partial charge on any atom is 0.0642 e. The van der Waals surface area contributed by atoms with Crippen molar-refractivity contribution < 1.29 is 9.47 Å². The number of nitrogens with one attached hydrogen (secondary N) is 1. The molecule has 2 aromatic rings. The van der Waals surface area contributed by atoms with Crippen molar-refractivity contribution in [3.8, 4) is 0 Å². The molecule has 2 aliphatic rings. The summed E-state index contributed by atoms with van der Waals surface area (Å²) in [7, 11) is 0. The van der Waals surface area contributed by atoms with E-state index in [1.165, 1.54) is 16.8 Å². The van der Waals surface area contributed by atoms with Crippen LogP contribution in [0.1, 0.15) is 18.6 Å². The highest BCUT2D eigenvalue weighted by Gasteiger charge is 2.09. The normalized spacial score (nSPS) is 15.9. The molecule has 0 spiro atoms. The van der Waals surface area contributed by atoms with Crippen LogP contribution in [0.15, 0.2) is 48.5 Å². The van der Waals surface area contributed by atoms with Crippen LogP contribution < -0.4 is 10.2 Å². The average molecular weight is 407 g/mol. The lowest BCUT2D eigenvalue weighted by Crippen LogP contribution is -2.36. The van der Waals surface area contributed by atoms with Gasteiger partial charge in [-0.1, -0.05) is 54.4 Å². The Hall–Kier alpha value is -1.59. The van der Waals surface area contributed by atoms with E-state index in [0.29, 0.717) is 0 Å². The van der Waals surface area contributed by atoms with Crippen LogP contribution >= 0.6 is 11.6 Å². The number of aryl methyl sites for hydroxylation is 2. The van der Waals surface area contributed by atoms with E-state index in [9.17, 15) is 0 Å². The SMILES string of the molecule is C.C1COCCN1.Cc1ccc(Cl)cc1.Cc1ccc(N2CCOCC2)cc1. The number of hydrogen-bond acceptors (Lipinski definition) is 4. The molecule has 0 radical (unpaired) electrons. The zero-order valence-electron chi connectivity index (χ0n) is 16.4. The molecule has 0 aliphatic carbocycles. The van der Waals surface area contributed by atoms with E-state index in [1.54, 1.807) is 0 Å². The minimum absolute atomic E-state index is 0. The van der Waals surface area contributed by atoms with E-state index in [2.05, 4.69) is 41.4 Å². The van der Waals surface area contributed by atoms with E-state index >= 15 is 0 Å². The predicted molar refractivity (Wildman–Crippen MR) is 121 cm³/mol. The zero-order valence-corrected chi connectivity index (χ0v) is 17.2. The van der Waals surface area contributed by atoms with Gasteiger partial charge in [-0.3, -0.25) is 0 Å². The third kappa shape index (κ3) is 10.1. The molecule has 0 atom stereocenters. The Morgan fingerprint density at radius 1 is 0.750 bits per heavy atom. The molecule has 4 nitrogen and oxygen atoms in total. The predicted octanol–water partition coefficient (Wildman–Crippen LogP) is 4.72. The Labute approximate surface area is 175 Å². The van der Waals surface area contributed by atoms with Crippen LogP contribution in [0.3, 0.4) is 0 Å². The molecule has 0 amide bonds. The summed E-state index contributed by atoms with van der Waals surface area (Å²) in [6.45, 7) is 11.7. The third-order valence-electron chi connectivity index (χ3n) is 4.27. The number of rotatable bonds is 1. The molecule has 0 unspecified atom stereocenters. The van der Waals surface area contributed by atoms with Gasteiger partial charge in [-0.05, 0) is 38.1 Å². The molecule has 28 heavy (non-hydrogen) atoms. The Kier molecular flexibility index (Phi) is 12.6. The number of anilines is 1. The summed E-state index contributed by atoms with van der Waals surface area (Å²) in [5.74, 6) is 0. The highest BCUT2D eigenvalue weighted by Crippen LogP contribution is 2.15. The molecule has 156 valence electrons. The van der Waals surface area contributed by atoms with Crippen molar-refractivity contribution in [2.24, 2.45) is 0 Å². The van der Waals surface area contributed by atoms with Crippen LogP contribution in [-0.4, -0.2) is 52.6 Å². The quantitative estimate of drug-likeness (QED) is 0.742. The minimum atomic E-state index is 0. The van der Waals surface area contributed by atoms with Gasteiger partial charge in [0.25, 0.3) is 0 Å². The fourth-order valence-electron chi connectivity index (χ4n) is 2.63. The van der Waals surface area contributed by atoms with Crippen LogP contribution in [-0.2, 0) is 9.47 Å². The highest BCUT2D eigenvalue weighted by molar-refractivity contribution is 6.30. The number of benzene rings is 2. The molecule has 0 bridgehead atoms. The average Bonchev–Trinajstić information content (AvgIpc) is 2.74. The maximum atomic E-state index is 5.61. The van der Waals surface area contributed by atoms with Gasteiger partial charge in [0.15, 0.2) is 0 Å². The summed E-state index contributed by atoms with van der Waals surface area (Å²) in [5.41, 5.74) is 3.88. The first-order valence-corrected chi connectivity index (χ1v) is 9.93. The molecule has 2 heterocycles. The highest BCUT2D eigenvalue weighted by atomic mass is 35.5. The summed E-state index contributed by atoms with van der Waals surface area (Å²) < 4.78 is 10.3. The van der Waals surface area contributed by atoms with Crippen molar-refractivity contribution in [2.45, 2.75) is 21.3 Å². The molecule has 2 aliphatic heterocycles. The molecule has 1 N–H and O–H groups in total. The molecule has 5 heteroatoms. The first kappa shape index (κ1) is 24.4. The molecule has 4 rings (SSSR count). The van der Waals surface area contributed by atoms with Gasteiger partial charge in [0.2, 0.25) is 0 Å². The topological polar surface area (TPSA) is 33.7 Å². The monoisotopic (exact) mass is 406 g/mol. The van der Waals surface area contributed by atoms with E-state index in [-0.39, 0.29) is 7.43 Å². The summed E-state index contributed by atoms with van der Waals surface area (Å²) in [6, 6.07) is 16.4. The Bertz CT molecular complexity index is 590. The van der Waals surface area contributed by atoms with Gasteiger partial charge in [-0.25, -0.2) is 0 Å². The Morgan fingerprint density at radius 3 is 1.61 bits per heavy atom. The molecule has 0 aromatic heterocycles. The first-order chi connectivity index (χ1) is 13.1. The smallest absolute Gasteiger partial charge is 0.0642 e. The summed E-state index contributed by atoms with van der Waals surface area (Å²) >= 11 is 5.61. The van der Waals surface area contributed by atoms with Crippen LogP contribution in [0.5, 0.6) is 0 Å². The third-order valence-corrected chi connectivity index (χ3v) is 4.52. The largest absolute Gasteiger partial charge is 0.379 e. The molecule has 0 saturated carbocycles. The number of nitrogens with zero attached hydrogens (tertiary/aromatic N) is 1. The number of hydrogen-bond donors (Lipinski definition) is 1. The van der Waals surface area contributed by atoms with E-state index in [0.717, 1.165) is 57.6 Å². The van der Waals surface area contributed by atoms with Crippen molar-refractivity contribution in [3.05, 3.63) is 64.7 Å². The second kappa shape index (κ2) is 14.4. The lowest BCUT2D eigenvalue weighted by Gasteiger charge is -2.28. The lowest BCUT2D eigenvalue weighted by atomic mass is 10.2. The summed E-state index contributed by atoms with van der Waals surface area (Å²) in [5, 5.41) is 3.96. The van der Waals surface area contributed by atoms with E-state index in [4.69, 9.17) is 21.1 Å². The molecular formula is C23H35ClN2O2. The fraction of sp³-hybridized carbons (Fsp3) is 0.478. The minimum Gasteiger partial charge on any atom is -0.379 e. The van der Waals surface area contributed by atoms with Gasteiger partial charge in [-0.2, -0.15) is 0 Å². The molecule has 2 aromatic carbocycles. The molecule has 2 fully saturated rings. The lowest BCUT2D eigenvalue weighted by molar-refractivity contribution is 0.109. The van der Waals surface area contributed by atoms with E-state index < -0.39 is 0 Å². The van der Waals surface area contributed by atoms with Gasteiger partial charge in [0, 0.05) is 36.9 Å². The van der Waals surface area contributed by atoms with Crippen molar-refractivity contribution in [1.82, 2.24) is 5.32 Å². The van der Waals surface area contributed by atoms with Crippen molar-refractivity contribution in [3.63, 3.8) is 0 Å². The van der Waals surface area contributed by atoms with E-state index in [1.807, 2.05) is 31.2 Å². The van der Waals surface area contributed by atoms with Crippen molar-refractivity contribution in [2.75, 3.05) is 57.5 Å². The van der Waals surface area contributed by atoms with Crippen LogP contribution in [0, 0.1) is 13.8 Å². The van der Waals surface area contributed by atoms with Gasteiger partial charge >= 0.3 is 0 Å².